The van der Waals surface area contributed by atoms with Crippen LogP contribution in [-0.2, 0) is 66.2 Å². The fourth-order valence-corrected chi connectivity index (χ4v) is 10.2. The Balaban J connectivity index is 1.39. The number of nitrogens with zero attached hydrogens (tertiary/aromatic N) is 1. The number of hydrogen-bond acceptors (Lipinski definition) is 12. The molecule has 6 rings (SSSR count). The van der Waals surface area contributed by atoms with Crippen molar-refractivity contribution in [2.24, 2.45) is 17.6 Å². The lowest BCUT2D eigenvalue weighted by molar-refractivity contribution is -0.156. The Morgan fingerprint density at radius 3 is 1.50 bits per heavy atom. The zero-order chi connectivity index (χ0) is 64.5. The van der Waals surface area contributed by atoms with Crippen LogP contribution < -0.4 is 37.6 Å². The van der Waals surface area contributed by atoms with Gasteiger partial charge in [0.15, 0.2) is 0 Å². The monoisotopic (exact) mass is 1200 g/mol. The number of aromatic nitrogens is 1. The molecule has 20 heteroatoms. The highest BCUT2D eigenvalue weighted by Crippen LogP contribution is 2.37. The van der Waals surface area contributed by atoms with Gasteiger partial charge in [0.1, 0.15) is 47.0 Å². The first-order valence-electron chi connectivity index (χ1n) is 29.6. The van der Waals surface area contributed by atoms with Crippen LogP contribution >= 0.6 is 0 Å². The number of carbonyl (C=O) groups is 9. The van der Waals surface area contributed by atoms with Crippen LogP contribution in [0.4, 0.5) is 4.79 Å². The summed E-state index contributed by atoms with van der Waals surface area (Å²) in [6.07, 6.45) is -0.885. The van der Waals surface area contributed by atoms with Gasteiger partial charge in [-0.3, -0.25) is 38.1 Å². The second-order valence-electron chi connectivity index (χ2n) is 24.7. The van der Waals surface area contributed by atoms with Crippen molar-refractivity contribution in [1.82, 2.24) is 36.5 Å². The van der Waals surface area contributed by atoms with E-state index in [9.17, 15) is 43.5 Å². The van der Waals surface area contributed by atoms with E-state index in [1.807, 2.05) is 91.0 Å². The van der Waals surface area contributed by atoms with Crippen LogP contribution in [0.2, 0.25) is 0 Å². The minimum atomic E-state index is -1.63. The van der Waals surface area contributed by atoms with Crippen LogP contribution in [0, 0.1) is 11.8 Å². The van der Waals surface area contributed by atoms with Gasteiger partial charge in [-0.25, -0.2) is 9.59 Å². The molecule has 468 valence electrons. The molecule has 0 unspecified atom stereocenters. The molecule has 0 bridgehead atoms. The first-order chi connectivity index (χ1) is 41.5. The number of carboxylic acid groups (broad SMARTS) is 1. The Hall–Kier alpha value is -9.17. The Kier molecular flexibility index (Phi) is 23.5. The van der Waals surface area contributed by atoms with E-state index < -0.39 is 132 Å². The van der Waals surface area contributed by atoms with Crippen LogP contribution in [0.25, 0.3) is 10.9 Å². The third-order valence-corrected chi connectivity index (χ3v) is 14.3. The molecule has 1 aromatic heterocycles. The molecule has 6 aromatic rings. The number of ether oxygens (including phenoxy) is 2. The number of carboxylic acids is 1. The topological polar surface area (TPSA) is 295 Å². The minimum absolute atomic E-state index is 0.0288. The molecule has 6 atom stereocenters. The number of rotatable bonds is 27. The van der Waals surface area contributed by atoms with E-state index in [1.165, 1.54) is 10.8 Å². The summed E-state index contributed by atoms with van der Waals surface area (Å²) in [6, 6.07) is 34.8. The molecular weight excluding hydrogens is 1120 g/mol. The van der Waals surface area contributed by atoms with Gasteiger partial charge in [0.25, 0.3) is 0 Å². The van der Waals surface area contributed by atoms with Crippen molar-refractivity contribution in [2.75, 3.05) is 0 Å². The van der Waals surface area contributed by atoms with Gasteiger partial charge in [-0.1, -0.05) is 167 Å². The van der Waals surface area contributed by atoms with Crippen molar-refractivity contribution in [1.29, 1.82) is 0 Å². The first kappa shape index (κ1) is 67.9. The average Bonchev–Trinajstić information content (AvgIpc) is 1.44. The van der Waals surface area contributed by atoms with Gasteiger partial charge in [0.05, 0.1) is 18.0 Å². The zero-order valence-corrected chi connectivity index (χ0v) is 51.8. The molecule has 5 aromatic carbocycles. The molecule has 88 heavy (non-hydrogen) atoms. The number of fused-ring (bicyclic) bond motifs is 1. The molecule has 6 amide bonds. The largest absolute Gasteiger partial charge is 0.480 e. The Bertz CT molecular complexity index is 3280. The third-order valence-electron chi connectivity index (χ3n) is 14.3. The molecule has 0 saturated heterocycles. The first-order valence-corrected chi connectivity index (χ1v) is 29.6. The molecule has 0 spiro atoms. The standard InChI is InChI=1S/C68H84N8O12/c1-42(2)37-54(64(84)85)73-61(81)53(39-45-41-76(65(86)88-67(8,9)10)55-34-24-23-33-49(45)55)72-60(80)51(35-36-56(77)75-68(46-27-17-12-18-28-46,47-29-19-13-20-30-47)48-31-21-14-22-32-48)70-63(83)58(43(3)4)74-62(82)52(38-44-25-15-11-16-26-44)71-59(79)50(69)40-57(78)87-66(5,6)7/h11-34,41-43,50-54,58H,35-40,69H2,1-10H3,(H,70,83)(H,71,79)(H,72,80)(H,73,81)(H,74,82)(H,75,77)(H,84,85)/t50-,51-,52-,53-,54-,58-/m0/s1. The van der Waals surface area contributed by atoms with Crippen LogP contribution in [-0.4, -0.2) is 111 Å². The van der Waals surface area contributed by atoms with E-state index in [2.05, 4.69) is 31.9 Å². The number of amides is 6. The van der Waals surface area contributed by atoms with Crippen molar-refractivity contribution >= 4 is 64.4 Å². The van der Waals surface area contributed by atoms with Crippen LogP contribution in [0.15, 0.2) is 152 Å². The number of para-hydroxylation sites is 1. The summed E-state index contributed by atoms with van der Waals surface area (Å²) >= 11 is 0. The molecule has 0 aliphatic rings. The maximum absolute atomic E-state index is 15.3. The molecule has 9 N–H and O–H groups in total. The van der Waals surface area contributed by atoms with Crippen molar-refractivity contribution in [2.45, 2.75) is 161 Å². The van der Waals surface area contributed by atoms with E-state index in [0.29, 0.717) is 38.7 Å². The number of nitrogens with one attached hydrogen (secondary N) is 6. The predicted molar refractivity (Wildman–Crippen MR) is 334 cm³/mol. The van der Waals surface area contributed by atoms with Crippen LogP contribution in [0.3, 0.4) is 0 Å². The predicted octanol–water partition coefficient (Wildman–Crippen LogP) is 7.37. The van der Waals surface area contributed by atoms with Crippen molar-refractivity contribution in [3.63, 3.8) is 0 Å². The maximum Gasteiger partial charge on any atom is 0.419 e. The lowest BCUT2D eigenvalue weighted by Gasteiger charge is -2.37. The van der Waals surface area contributed by atoms with Crippen LogP contribution in [0.1, 0.15) is 123 Å². The van der Waals surface area contributed by atoms with Crippen molar-refractivity contribution in [3.05, 3.63) is 180 Å². The van der Waals surface area contributed by atoms with Gasteiger partial charge in [-0.05, 0) is 100 Å². The highest BCUT2D eigenvalue weighted by atomic mass is 16.6. The summed E-state index contributed by atoms with van der Waals surface area (Å²) in [5.41, 5.74) is 6.75. The molecule has 0 radical (unpaired) electrons. The summed E-state index contributed by atoms with van der Waals surface area (Å²) in [7, 11) is 0. The lowest BCUT2D eigenvalue weighted by atomic mass is 9.77. The highest BCUT2D eigenvalue weighted by Gasteiger charge is 2.40. The number of benzene rings is 5. The van der Waals surface area contributed by atoms with Gasteiger partial charge in [-0.2, -0.15) is 0 Å². The Morgan fingerprint density at radius 1 is 0.534 bits per heavy atom. The van der Waals surface area contributed by atoms with Crippen molar-refractivity contribution < 1.29 is 57.7 Å². The summed E-state index contributed by atoms with van der Waals surface area (Å²) in [6.45, 7) is 17.0. The Labute approximate surface area is 514 Å². The van der Waals surface area contributed by atoms with E-state index in [0.717, 1.165) is 0 Å². The normalized spacial score (nSPS) is 13.8. The average molecular weight is 1210 g/mol. The molecular formula is C68H84N8O12. The SMILES string of the molecule is CC(C)C[C@H](NC(=O)[C@H](Cc1cn(C(=O)OC(C)(C)C)c2ccccc12)NC(=O)[C@H](CCC(=O)NC(c1ccccc1)(c1ccccc1)c1ccccc1)NC(=O)[C@@H](NC(=O)[C@H](Cc1ccccc1)NC(=O)[C@@H](N)CC(=O)OC(C)(C)C)C(C)C)C(=O)O. The number of carbonyl (C=O) groups excluding carboxylic acids is 8. The molecule has 1 heterocycles. The Morgan fingerprint density at radius 2 is 0.989 bits per heavy atom. The second kappa shape index (κ2) is 30.5. The summed E-state index contributed by atoms with van der Waals surface area (Å²) in [5.74, 6) is -7.88. The number of nitrogens with two attached hydrogens (primary N) is 1. The van der Waals surface area contributed by atoms with Gasteiger partial charge < -0.3 is 52.2 Å². The summed E-state index contributed by atoms with van der Waals surface area (Å²) in [5, 5.41) is 27.7. The number of hydrogen-bond donors (Lipinski definition) is 8. The van der Waals surface area contributed by atoms with E-state index >= 15 is 4.79 Å². The van der Waals surface area contributed by atoms with E-state index in [1.54, 1.807) is 124 Å². The molecule has 0 saturated carbocycles. The molecule has 0 aliphatic carbocycles. The fraction of sp³-hybridized carbons (Fsp3) is 0.397. The minimum Gasteiger partial charge on any atom is -0.480 e. The van der Waals surface area contributed by atoms with Crippen LogP contribution in [0.5, 0.6) is 0 Å². The van der Waals surface area contributed by atoms with Gasteiger partial charge >= 0.3 is 18.0 Å². The number of esters is 1. The van der Waals surface area contributed by atoms with Crippen molar-refractivity contribution in [3.8, 4) is 0 Å². The molecule has 20 nitrogen and oxygen atoms in total. The van der Waals surface area contributed by atoms with Gasteiger partial charge in [0, 0.05) is 30.8 Å². The molecule has 0 fully saturated rings. The van der Waals surface area contributed by atoms with E-state index in [-0.39, 0.29) is 25.2 Å². The quantitative estimate of drug-likeness (QED) is 0.0185. The van der Waals surface area contributed by atoms with Gasteiger partial charge in [-0.15, -0.1) is 0 Å². The van der Waals surface area contributed by atoms with Gasteiger partial charge in [0.2, 0.25) is 35.4 Å². The summed E-state index contributed by atoms with van der Waals surface area (Å²) < 4.78 is 12.4. The summed E-state index contributed by atoms with van der Waals surface area (Å²) in [4.78, 5) is 127. The van der Waals surface area contributed by atoms with E-state index in [4.69, 9.17) is 15.2 Å². The fourth-order valence-electron chi connectivity index (χ4n) is 10.2. The number of aliphatic carboxylic acids is 1. The smallest absolute Gasteiger partial charge is 0.419 e. The third kappa shape index (κ3) is 19.2. The zero-order valence-electron chi connectivity index (χ0n) is 51.8. The second-order valence-corrected chi connectivity index (χ2v) is 24.7. The highest BCUT2D eigenvalue weighted by molar-refractivity contribution is 5.98. The molecule has 0 aliphatic heterocycles. The lowest BCUT2D eigenvalue weighted by Crippen LogP contribution is -2.61. The maximum atomic E-state index is 15.3.